The van der Waals surface area contributed by atoms with Crippen molar-refractivity contribution < 1.29 is 90.8 Å². The van der Waals surface area contributed by atoms with Gasteiger partial charge in [0.15, 0.2) is 23.1 Å². The molecule has 34 heteroatoms. The Hall–Kier alpha value is -11.3. The number of nitrogens with zero attached hydrogens (tertiary/aromatic N) is 7. The molecule has 11 rings (SSSR count). The first-order valence-electron chi connectivity index (χ1n) is 33.6. The lowest BCUT2D eigenvalue weighted by molar-refractivity contribution is -0.160. The average Bonchev–Trinajstić information content (AvgIpc) is 1.61. The van der Waals surface area contributed by atoms with Crippen molar-refractivity contribution in [3.8, 4) is 40.2 Å². The predicted octanol–water partition coefficient (Wildman–Crippen LogP) is 6.64. The number of hydrazine groups is 1. The van der Waals surface area contributed by atoms with E-state index in [1.807, 2.05) is 24.6 Å². The number of fused-ring (bicyclic) bond motifs is 14. The number of phenolic OH excluding ortho intramolecular Hbond substituents is 3. The number of esters is 1. The van der Waals surface area contributed by atoms with Crippen molar-refractivity contribution in [3.05, 3.63) is 148 Å². The van der Waals surface area contributed by atoms with Crippen LogP contribution in [0.3, 0.4) is 0 Å². The van der Waals surface area contributed by atoms with Crippen molar-refractivity contribution in [3.63, 3.8) is 0 Å². The normalized spacial score (nSPS) is 22.3. The summed E-state index contributed by atoms with van der Waals surface area (Å²) < 4.78 is 70.4. The monoisotopic (exact) mass is 1500 g/mol. The van der Waals surface area contributed by atoms with Crippen LogP contribution in [0.1, 0.15) is 97.2 Å². The Morgan fingerprint density at radius 2 is 1.49 bits per heavy atom. The van der Waals surface area contributed by atoms with E-state index in [9.17, 15) is 53.1 Å². The molecule has 33 nitrogen and oxygen atoms in total. The van der Waals surface area contributed by atoms with Crippen molar-refractivity contribution in [2.75, 3.05) is 88.9 Å². The quantitative estimate of drug-likeness (QED) is 0.00840. The van der Waals surface area contributed by atoms with E-state index < -0.39 is 98.8 Å². The molecule has 1 saturated heterocycles. The predicted molar refractivity (Wildman–Crippen MR) is 399 cm³/mol. The third-order valence-electron chi connectivity index (χ3n) is 18.0. The fourth-order valence-corrected chi connectivity index (χ4v) is 12.8. The van der Waals surface area contributed by atoms with Gasteiger partial charge in [-0.3, -0.25) is 39.3 Å². The second-order valence-corrected chi connectivity index (χ2v) is 27.4. The molecule has 9 atom stereocenters. The van der Waals surface area contributed by atoms with Crippen LogP contribution < -0.4 is 57.5 Å². The number of amides is 2. The molecule has 7 aromatic rings. The number of aromatic nitrogens is 4. The van der Waals surface area contributed by atoms with Gasteiger partial charge in [-0.25, -0.2) is 19.2 Å². The number of nitrogens with two attached hydrogens (primary N) is 4. The number of ketones is 1. The van der Waals surface area contributed by atoms with E-state index in [1.54, 1.807) is 91.4 Å². The molecule has 576 valence electrons. The van der Waals surface area contributed by atoms with Gasteiger partial charge in [0.05, 0.1) is 79.2 Å². The van der Waals surface area contributed by atoms with E-state index in [2.05, 4.69) is 40.1 Å². The van der Waals surface area contributed by atoms with Crippen LogP contribution >= 0.6 is 0 Å². The number of benzene rings is 4. The van der Waals surface area contributed by atoms with E-state index in [1.165, 1.54) is 102 Å². The second-order valence-electron chi connectivity index (χ2n) is 25.7. The number of aliphatic hydroxyl groups is 2. The highest BCUT2D eigenvalue weighted by Crippen LogP contribution is 2.55. The third-order valence-corrected chi connectivity index (χ3v) is 19.4. The first-order chi connectivity index (χ1) is 50.6. The SMILES string of the molecule is CO[C@H]1/C=C/O[C@@]2(C)Oc3c(C)c(O)c4c(O)c(c(/C=N/N5CCN(C)CC5)c(O)c4c3C2=O)NC(=O)/C(C)=C\C=C\[C@H](C)[C@H](O)[C@@H](C)[C@@H](O)[C@@H](C)[C@H](OC(C)=O)[C@@H]1C.COc1cc(Cc2cnc(N)nc2N)cc(OC)c1OC.Cc1cc(NS(=O)(=O)c2ccc(N)cc2)no1.NNC(=O)c1ccncc1. The molecule has 2 amide bonds. The Bertz CT molecular complexity index is 4530. The number of carbonyl (C=O) groups excluding carboxylic acids is 4. The first-order valence-corrected chi connectivity index (χ1v) is 35.1. The lowest BCUT2D eigenvalue weighted by Crippen LogP contribution is -2.46. The maximum Gasteiger partial charge on any atom is 0.312 e. The molecule has 4 aliphatic rings. The number of nitrogens with one attached hydrogen (secondary N) is 3. The van der Waals surface area contributed by atoms with Crippen LogP contribution in [0, 0.1) is 37.5 Å². The van der Waals surface area contributed by atoms with Gasteiger partial charge in [0.1, 0.15) is 34.9 Å². The number of ether oxygens (including phenoxy) is 7. The molecule has 107 heavy (non-hydrogen) atoms. The number of aromatic hydroxyl groups is 3. The van der Waals surface area contributed by atoms with Crippen molar-refractivity contribution >= 4 is 79.5 Å². The number of methoxy groups -OCH3 is 4. The van der Waals surface area contributed by atoms with E-state index >= 15 is 0 Å². The number of nitrogen functional groups attached to an aromatic ring is 4. The number of sulfonamides is 1. The largest absolute Gasteiger partial charge is 0.507 e. The molecule has 7 heterocycles. The number of carbonyl (C=O) groups is 4. The van der Waals surface area contributed by atoms with Crippen LogP contribution in [0.2, 0.25) is 0 Å². The summed E-state index contributed by atoms with van der Waals surface area (Å²) in [4.78, 5) is 65.1. The number of hydrazone groups is 1. The first kappa shape index (κ1) is 83.0. The Balaban J connectivity index is 0.000000264. The summed E-state index contributed by atoms with van der Waals surface area (Å²) in [7, 11) is 4.48. The van der Waals surface area contributed by atoms with Crippen LogP contribution in [-0.4, -0.2) is 186 Å². The minimum atomic E-state index is -3.64. The fourth-order valence-electron chi connectivity index (χ4n) is 11.8. The van der Waals surface area contributed by atoms with Crippen LogP contribution in [0.25, 0.3) is 10.8 Å². The van der Waals surface area contributed by atoms with Crippen molar-refractivity contribution in [1.29, 1.82) is 0 Å². The number of anilines is 5. The van der Waals surface area contributed by atoms with Gasteiger partial charge in [0.25, 0.3) is 27.6 Å². The van der Waals surface area contributed by atoms with Crippen LogP contribution in [0.5, 0.6) is 40.2 Å². The molecule has 1 fully saturated rings. The number of hydrogen-bond donors (Lipinski definition) is 12. The number of rotatable bonds is 13. The number of aryl methyl sites for hydroxylation is 1. The van der Waals surface area contributed by atoms with Gasteiger partial charge in [0.2, 0.25) is 11.7 Å². The Morgan fingerprint density at radius 1 is 0.841 bits per heavy atom. The molecule has 0 radical (unpaired) electrons. The van der Waals surface area contributed by atoms with Gasteiger partial charge in [-0.05, 0) is 88.0 Å². The van der Waals surface area contributed by atoms with Gasteiger partial charge >= 0.3 is 11.8 Å². The minimum Gasteiger partial charge on any atom is -0.507 e. The average molecular weight is 1500 g/mol. The molecule has 0 saturated carbocycles. The zero-order chi connectivity index (χ0) is 78.9. The van der Waals surface area contributed by atoms with Crippen LogP contribution in [0.4, 0.5) is 29.0 Å². The zero-order valence-corrected chi connectivity index (χ0v) is 62.7. The van der Waals surface area contributed by atoms with Gasteiger partial charge in [-0.1, -0.05) is 51.1 Å². The molecular weight excluding hydrogens is 1410 g/mol. The standard InChI is InChI=1S/C43H58N4O12.C14H18N4O3.C10H11N3O3S.C6H7N3O/c1-21-12-11-13-22(2)42(55)45-33-28(20-44-47-17-15-46(9)16-18-47)37(52)30-31(38(33)53)36(51)26(6)40-32(30)41(54)43(8,59-40)57-19-14-29(56-10)23(3)39(58-27(7)48)25(5)35(50)24(4)34(21)49;1-19-10-5-8(6-11(20-2)12(10)21-3)4-9-7-17-14(16)18-13(9)15;1-7-6-10(12-16-7)13-17(14,15)9-4-2-8(11)3-5-9;7-9-6(10)5-1-3-8-4-2-5/h11-14,19-21,23-25,29,34-35,39,49-53H,15-18H2,1-10H3,(H,45,55);5-7H,4H2,1-3H3,(H4,15,16,17,18);2-6H,11H2,1H3,(H,12,13);1-4H,7H2,(H,9,10)/b12-11+,19-14+,22-13-,44-20+;;;/t21-,23+,24+,25+,29-,34-,35+,39+,43-;;;/m0.../s1. The minimum absolute atomic E-state index is 0.0559. The summed E-state index contributed by atoms with van der Waals surface area (Å²) >= 11 is 0. The molecule has 5 bridgehead atoms. The molecule has 0 unspecified atom stereocenters. The molecular formula is C73H94N14O19S. The lowest BCUT2D eigenvalue weighted by atomic mass is 9.78. The Labute approximate surface area is 619 Å². The van der Waals surface area contributed by atoms with E-state index in [0.717, 1.165) is 24.2 Å². The van der Waals surface area contributed by atoms with Crippen molar-refractivity contribution in [2.24, 2.45) is 34.6 Å². The molecule has 0 aliphatic carbocycles. The summed E-state index contributed by atoms with van der Waals surface area (Å²) in [5, 5.41) is 70.4. The number of phenols is 3. The van der Waals surface area contributed by atoms with Crippen LogP contribution in [-0.2, 0) is 40.2 Å². The summed E-state index contributed by atoms with van der Waals surface area (Å²) in [6.45, 7) is 16.8. The topological polar surface area (TPSA) is 492 Å². The molecule has 4 aromatic carbocycles. The number of aliphatic hydroxyl groups excluding tert-OH is 2. The maximum atomic E-state index is 14.4. The van der Waals surface area contributed by atoms with Gasteiger partial charge < -0.3 is 90.6 Å². The second kappa shape index (κ2) is 36.6. The van der Waals surface area contributed by atoms with E-state index in [4.69, 9.17) is 60.7 Å². The highest BCUT2D eigenvalue weighted by Gasteiger charge is 2.50. The fraction of sp³-hybridized carbons (Fsp3) is 0.384. The molecule has 0 spiro atoms. The van der Waals surface area contributed by atoms with Crippen LogP contribution in [0.15, 0.2) is 124 Å². The highest BCUT2D eigenvalue weighted by atomic mass is 32.2. The smallest absolute Gasteiger partial charge is 0.312 e. The number of pyridine rings is 1. The molecule has 3 aromatic heterocycles. The number of hydrogen-bond acceptors (Lipinski definition) is 30. The van der Waals surface area contributed by atoms with Gasteiger partial charge in [0, 0.05) is 135 Å². The highest BCUT2D eigenvalue weighted by molar-refractivity contribution is 7.92. The van der Waals surface area contributed by atoms with E-state index in [-0.39, 0.29) is 67.0 Å². The van der Waals surface area contributed by atoms with E-state index in [0.29, 0.717) is 59.6 Å². The number of likely N-dealkylation sites (N-methyl/N-ethyl adjacent to an activating group) is 1. The molecule has 4 aliphatic heterocycles. The summed E-state index contributed by atoms with van der Waals surface area (Å²) in [6.07, 6.45) is 10.1. The van der Waals surface area contributed by atoms with Gasteiger partial charge in [-0.2, -0.15) is 10.1 Å². The number of allylic oxidation sites excluding steroid dienone is 2. The maximum absolute atomic E-state index is 14.4. The lowest BCUT2D eigenvalue weighted by Gasteiger charge is -2.38. The third kappa shape index (κ3) is 20.2. The summed E-state index contributed by atoms with van der Waals surface area (Å²) in [5.41, 5.74) is 21.2. The van der Waals surface area contributed by atoms with Crippen molar-refractivity contribution in [2.45, 2.75) is 104 Å². The number of piperazine rings is 1. The Morgan fingerprint density at radius 3 is 2.06 bits per heavy atom. The zero-order valence-electron chi connectivity index (χ0n) is 61.8. The van der Waals surface area contributed by atoms with Gasteiger partial charge in [-0.15, -0.1) is 0 Å². The summed E-state index contributed by atoms with van der Waals surface area (Å²) in [6, 6.07) is 14.3. The molecule has 16 N–H and O–H groups in total. The van der Waals surface area contributed by atoms with Crippen molar-refractivity contribution in [1.82, 2.24) is 35.4 Å². The number of Topliss-reactive ketones (excluding diaryl/α,β-unsaturated/α-hetero) is 1. The Kier molecular flexibility index (Phi) is 28.4. The summed E-state index contributed by atoms with van der Waals surface area (Å²) in [5.74, 6) is -0.854.